The molecule has 5 heteroatoms. The summed E-state index contributed by atoms with van der Waals surface area (Å²) in [7, 11) is 0. The number of imidazole rings is 1. The molecule has 0 aliphatic heterocycles. The summed E-state index contributed by atoms with van der Waals surface area (Å²) in [4.78, 5) is 5.41. The second-order valence-corrected chi connectivity index (χ2v) is 3.24. The van der Waals surface area contributed by atoms with Crippen molar-refractivity contribution in [3.8, 4) is 0 Å². The maximum absolute atomic E-state index is 5.41. The van der Waals surface area contributed by atoms with Gasteiger partial charge in [-0.1, -0.05) is 0 Å². The number of nitrogens with zero attached hydrogens (tertiary/aromatic N) is 2. The van der Waals surface area contributed by atoms with E-state index in [1.807, 2.05) is 22.2 Å². The molecule has 0 amide bonds. The smallest absolute Gasteiger partial charge is 0.193 e. The van der Waals surface area contributed by atoms with E-state index < -0.39 is 0 Å². The number of fused-ring (bicyclic) bond motifs is 1. The van der Waals surface area contributed by atoms with Gasteiger partial charge in [-0.25, -0.2) is 4.98 Å². The zero-order valence-electron chi connectivity index (χ0n) is 6.43. The van der Waals surface area contributed by atoms with Gasteiger partial charge in [0.15, 0.2) is 4.96 Å². The van der Waals surface area contributed by atoms with E-state index in [-0.39, 0.29) is 12.4 Å². The van der Waals surface area contributed by atoms with Crippen molar-refractivity contribution >= 4 is 28.7 Å². The fourth-order valence-corrected chi connectivity index (χ4v) is 1.76. The molecule has 0 spiro atoms. The molecule has 2 heterocycles. The molecule has 2 N–H and O–H groups in total. The van der Waals surface area contributed by atoms with Gasteiger partial charge in [-0.15, -0.1) is 23.7 Å². The molecule has 0 saturated carbocycles. The summed E-state index contributed by atoms with van der Waals surface area (Å²) >= 11 is 1.65. The number of halogens is 1. The second kappa shape index (κ2) is 3.89. The summed E-state index contributed by atoms with van der Waals surface area (Å²) in [6.45, 7) is 0.671. The monoisotopic (exact) mass is 203 g/mol. The largest absolute Gasteiger partial charge is 0.330 e. The third-order valence-corrected chi connectivity index (χ3v) is 2.31. The Morgan fingerprint density at radius 1 is 1.58 bits per heavy atom. The molecule has 0 bridgehead atoms. The highest BCUT2D eigenvalue weighted by atomic mass is 35.5. The summed E-state index contributed by atoms with van der Waals surface area (Å²) in [5, 5.41) is 2.02. The summed E-state index contributed by atoms with van der Waals surface area (Å²) in [5.74, 6) is 0. The molecule has 66 valence electrons. The van der Waals surface area contributed by atoms with Crippen molar-refractivity contribution < 1.29 is 0 Å². The maximum Gasteiger partial charge on any atom is 0.193 e. The number of hydrogen-bond acceptors (Lipinski definition) is 3. The van der Waals surface area contributed by atoms with Gasteiger partial charge in [0.1, 0.15) is 0 Å². The Hall–Kier alpha value is -0.580. The molecule has 0 aliphatic rings. The molecule has 2 aromatic rings. The van der Waals surface area contributed by atoms with Gasteiger partial charge in [-0.2, -0.15) is 0 Å². The first-order chi connectivity index (χ1) is 5.40. The molecule has 0 fully saturated rings. The first-order valence-electron chi connectivity index (χ1n) is 3.51. The quantitative estimate of drug-likeness (QED) is 0.800. The third kappa shape index (κ3) is 1.60. The van der Waals surface area contributed by atoms with E-state index >= 15 is 0 Å². The van der Waals surface area contributed by atoms with Crippen molar-refractivity contribution in [3.63, 3.8) is 0 Å². The van der Waals surface area contributed by atoms with Crippen molar-refractivity contribution in [2.24, 2.45) is 5.73 Å². The lowest BCUT2D eigenvalue weighted by molar-refractivity contribution is 0.937. The van der Waals surface area contributed by atoms with Crippen LogP contribution in [0.4, 0.5) is 0 Å². The highest BCUT2D eigenvalue weighted by Gasteiger charge is 1.99. The van der Waals surface area contributed by atoms with Gasteiger partial charge in [0.25, 0.3) is 0 Å². The Labute approximate surface area is 80.6 Å². The van der Waals surface area contributed by atoms with Gasteiger partial charge in [0.05, 0.1) is 5.69 Å². The van der Waals surface area contributed by atoms with Crippen molar-refractivity contribution in [2.75, 3.05) is 6.54 Å². The summed E-state index contributed by atoms with van der Waals surface area (Å²) in [6, 6.07) is 0. The highest BCUT2D eigenvalue weighted by molar-refractivity contribution is 7.15. The van der Waals surface area contributed by atoms with Crippen LogP contribution in [-0.4, -0.2) is 15.9 Å². The lowest BCUT2D eigenvalue weighted by Gasteiger charge is -1.85. The topological polar surface area (TPSA) is 43.3 Å². The fourth-order valence-electron chi connectivity index (χ4n) is 1.04. The Bertz CT molecular complexity index is 326. The number of nitrogens with two attached hydrogens (primary N) is 1. The molecule has 12 heavy (non-hydrogen) atoms. The van der Waals surface area contributed by atoms with Crippen molar-refractivity contribution in [1.29, 1.82) is 0 Å². The van der Waals surface area contributed by atoms with Crippen LogP contribution in [0, 0.1) is 0 Å². The predicted molar refractivity (Wildman–Crippen MR) is 53.1 cm³/mol. The standard InChI is InChI=1S/C7H9N3S.ClH/c8-2-1-6-5-10-3-4-11-7(10)9-6;/h3-5H,1-2,8H2;1H. The van der Waals surface area contributed by atoms with Crippen LogP contribution in [0.25, 0.3) is 4.96 Å². The van der Waals surface area contributed by atoms with Gasteiger partial charge in [-0.05, 0) is 6.54 Å². The Balaban J connectivity index is 0.000000720. The molecular weight excluding hydrogens is 194 g/mol. The fraction of sp³-hybridized carbons (Fsp3) is 0.286. The van der Waals surface area contributed by atoms with Crippen LogP contribution < -0.4 is 5.73 Å². The minimum Gasteiger partial charge on any atom is -0.330 e. The molecule has 0 saturated heterocycles. The molecule has 2 aromatic heterocycles. The van der Waals surface area contributed by atoms with E-state index in [1.54, 1.807) is 11.3 Å². The van der Waals surface area contributed by atoms with Crippen LogP contribution in [-0.2, 0) is 6.42 Å². The van der Waals surface area contributed by atoms with E-state index in [2.05, 4.69) is 4.98 Å². The van der Waals surface area contributed by atoms with Gasteiger partial charge in [0, 0.05) is 24.2 Å². The normalized spacial score (nSPS) is 10.1. The van der Waals surface area contributed by atoms with E-state index in [0.29, 0.717) is 6.54 Å². The van der Waals surface area contributed by atoms with E-state index in [0.717, 1.165) is 17.1 Å². The summed E-state index contributed by atoms with van der Waals surface area (Å²) in [6.07, 6.45) is 4.90. The average molecular weight is 204 g/mol. The zero-order valence-corrected chi connectivity index (χ0v) is 8.07. The minimum absolute atomic E-state index is 0. The molecule has 0 radical (unpaired) electrons. The Morgan fingerprint density at radius 3 is 3.08 bits per heavy atom. The first-order valence-corrected chi connectivity index (χ1v) is 4.39. The minimum atomic E-state index is 0. The van der Waals surface area contributed by atoms with E-state index in [4.69, 9.17) is 5.73 Å². The van der Waals surface area contributed by atoms with Crippen LogP contribution in [0.15, 0.2) is 17.8 Å². The second-order valence-electron chi connectivity index (χ2n) is 2.36. The van der Waals surface area contributed by atoms with E-state index in [1.165, 1.54) is 0 Å². The maximum atomic E-state index is 5.41. The van der Waals surface area contributed by atoms with Crippen LogP contribution in [0.2, 0.25) is 0 Å². The Kier molecular flexibility index (Phi) is 3.08. The van der Waals surface area contributed by atoms with Gasteiger partial charge in [-0.3, -0.25) is 4.40 Å². The molecule has 0 atom stereocenters. The van der Waals surface area contributed by atoms with Crippen molar-refractivity contribution in [2.45, 2.75) is 6.42 Å². The van der Waals surface area contributed by atoms with Crippen LogP contribution in [0.1, 0.15) is 5.69 Å². The molecular formula is C7H10ClN3S. The Morgan fingerprint density at radius 2 is 2.42 bits per heavy atom. The van der Waals surface area contributed by atoms with Crippen LogP contribution in [0.3, 0.4) is 0 Å². The van der Waals surface area contributed by atoms with Crippen molar-refractivity contribution in [1.82, 2.24) is 9.38 Å². The van der Waals surface area contributed by atoms with Crippen LogP contribution >= 0.6 is 23.7 Å². The first kappa shape index (κ1) is 9.51. The summed E-state index contributed by atoms with van der Waals surface area (Å²) in [5.41, 5.74) is 6.49. The summed E-state index contributed by atoms with van der Waals surface area (Å²) < 4.78 is 2.02. The average Bonchev–Trinajstić information content (AvgIpc) is 2.46. The number of hydrogen-bond donors (Lipinski definition) is 1. The molecule has 0 aromatic carbocycles. The van der Waals surface area contributed by atoms with Gasteiger partial charge in [0.2, 0.25) is 0 Å². The molecule has 3 nitrogen and oxygen atoms in total. The number of thiazole rings is 1. The SMILES string of the molecule is Cl.NCCc1cn2ccsc2n1. The zero-order chi connectivity index (χ0) is 7.68. The van der Waals surface area contributed by atoms with Gasteiger partial charge < -0.3 is 5.73 Å². The lowest BCUT2D eigenvalue weighted by Crippen LogP contribution is -2.02. The van der Waals surface area contributed by atoms with Gasteiger partial charge >= 0.3 is 0 Å². The third-order valence-electron chi connectivity index (χ3n) is 1.54. The highest BCUT2D eigenvalue weighted by Crippen LogP contribution is 2.10. The predicted octanol–water partition coefficient (Wildman–Crippen LogP) is 1.32. The van der Waals surface area contributed by atoms with Crippen molar-refractivity contribution in [3.05, 3.63) is 23.5 Å². The molecule has 0 unspecified atom stereocenters. The van der Waals surface area contributed by atoms with E-state index in [9.17, 15) is 0 Å². The molecule has 0 aliphatic carbocycles. The number of rotatable bonds is 2. The lowest BCUT2D eigenvalue weighted by atomic mass is 10.3. The molecule has 2 rings (SSSR count). The van der Waals surface area contributed by atoms with Crippen LogP contribution in [0.5, 0.6) is 0 Å². The number of aromatic nitrogens is 2.